The monoisotopic (exact) mass is 932 g/mol. The number of esters is 2. The van der Waals surface area contributed by atoms with E-state index >= 15 is 0 Å². The number of phosphoric acid groups is 1. The van der Waals surface area contributed by atoms with Crippen LogP contribution < -0.4 is 5.73 Å². The summed E-state index contributed by atoms with van der Waals surface area (Å²) in [4.78, 5) is 35.1. The van der Waals surface area contributed by atoms with Crippen molar-refractivity contribution in [1.82, 2.24) is 0 Å². The third-order valence-corrected chi connectivity index (χ3v) is 12.1. The number of unbranched alkanes of at least 4 members (excludes halogenated alkanes) is 24. The number of ether oxygens (including phenoxy) is 2. The Kier molecular flexibility index (Phi) is 48.9. The lowest BCUT2D eigenvalue weighted by Gasteiger charge is -2.19. The highest BCUT2D eigenvalue weighted by molar-refractivity contribution is 7.47. The highest BCUT2D eigenvalue weighted by atomic mass is 31.2. The molecule has 3 N–H and O–H groups in total. The lowest BCUT2D eigenvalue weighted by atomic mass is 10.0. The minimum Gasteiger partial charge on any atom is -0.462 e. The Balaban J connectivity index is 4.05. The van der Waals surface area contributed by atoms with Gasteiger partial charge in [-0.1, -0.05) is 209 Å². The molecule has 0 amide bonds. The van der Waals surface area contributed by atoms with E-state index in [9.17, 15) is 19.0 Å². The van der Waals surface area contributed by atoms with Gasteiger partial charge in [-0.05, 0) is 83.5 Å². The van der Waals surface area contributed by atoms with E-state index in [1.807, 2.05) is 0 Å². The molecule has 0 saturated heterocycles. The Bertz CT molecular complexity index is 1290. The number of hydrogen-bond donors (Lipinski definition) is 2. The zero-order valence-electron chi connectivity index (χ0n) is 41.7. The third kappa shape index (κ3) is 50.7. The number of carbonyl (C=O) groups excluding carboxylic acids is 2. The molecule has 0 aliphatic carbocycles. The highest BCUT2D eigenvalue weighted by Gasteiger charge is 2.26. The first kappa shape index (κ1) is 62.4. The maximum Gasteiger partial charge on any atom is 0.472 e. The molecule has 65 heavy (non-hydrogen) atoms. The van der Waals surface area contributed by atoms with E-state index in [0.717, 1.165) is 83.5 Å². The number of hydrogen-bond acceptors (Lipinski definition) is 8. The van der Waals surface area contributed by atoms with Crippen molar-refractivity contribution < 1.29 is 37.6 Å². The molecular weight excluding hydrogens is 834 g/mol. The lowest BCUT2D eigenvalue weighted by molar-refractivity contribution is -0.161. The van der Waals surface area contributed by atoms with Crippen LogP contribution in [0.15, 0.2) is 72.9 Å². The molecule has 0 bridgehead atoms. The van der Waals surface area contributed by atoms with E-state index in [4.69, 9.17) is 24.3 Å². The zero-order valence-corrected chi connectivity index (χ0v) is 42.6. The summed E-state index contributed by atoms with van der Waals surface area (Å²) < 4.78 is 33.0. The van der Waals surface area contributed by atoms with Crippen LogP contribution in [0.4, 0.5) is 0 Å². The molecule has 9 nitrogen and oxygen atoms in total. The van der Waals surface area contributed by atoms with Gasteiger partial charge < -0.3 is 20.1 Å². The molecule has 0 aliphatic heterocycles. The van der Waals surface area contributed by atoms with E-state index in [1.165, 1.54) is 116 Å². The SMILES string of the molecule is CC/C=C\C/C=C\C/C=C\C/C=C\CCCCCCCCCCCCC(=O)OC(COC(=O)CCCCCCCCCCC/C=C\C/C=C\CCCCCCC)COP(=O)(O)OCCN. The minimum absolute atomic E-state index is 0.0493. The summed E-state index contributed by atoms with van der Waals surface area (Å²) >= 11 is 0. The van der Waals surface area contributed by atoms with Crippen molar-refractivity contribution in [3.8, 4) is 0 Å². The zero-order chi connectivity index (χ0) is 47.4. The van der Waals surface area contributed by atoms with Crippen molar-refractivity contribution >= 4 is 19.8 Å². The van der Waals surface area contributed by atoms with Crippen molar-refractivity contribution in [2.24, 2.45) is 5.73 Å². The normalized spacial score (nSPS) is 13.7. The van der Waals surface area contributed by atoms with Crippen LogP contribution in [0.1, 0.15) is 232 Å². The van der Waals surface area contributed by atoms with Gasteiger partial charge >= 0.3 is 19.8 Å². The molecule has 0 aromatic rings. The molecule has 0 fully saturated rings. The average Bonchev–Trinajstić information content (AvgIpc) is 3.30. The summed E-state index contributed by atoms with van der Waals surface area (Å²) in [6.45, 7) is 3.62. The van der Waals surface area contributed by atoms with Gasteiger partial charge in [-0.2, -0.15) is 0 Å². The van der Waals surface area contributed by atoms with Crippen molar-refractivity contribution in [2.45, 2.75) is 238 Å². The van der Waals surface area contributed by atoms with E-state index in [0.29, 0.717) is 6.42 Å². The molecule has 0 saturated carbocycles. The van der Waals surface area contributed by atoms with Crippen molar-refractivity contribution in [3.63, 3.8) is 0 Å². The van der Waals surface area contributed by atoms with Gasteiger partial charge in [0.2, 0.25) is 0 Å². The first-order valence-electron chi connectivity index (χ1n) is 26.4. The van der Waals surface area contributed by atoms with Gasteiger partial charge in [-0.3, -0.25) is 18.6 Å². The molecule has 2 atom stereocenters. The maximum atomic E-state index is 12.7. The number of allylic oxidation sites excluding steroid dienone is 12. The fourth-order valence-corrected chi connectivity index (χ4v) is 7.95. The second kappa shape index (κ2) is 50.9. The number of phosphoric ester groups is 1. The summed E-state index contributed by atoms with van der Waals surface area (Å²) in [5, 5.41) is 0. The molecule has 0 aliphatic rings. The smallest absolute Gasteiger partial charge is 0.462 e. The Morgan fingerprint density at radius 1 is 0.477 bits per heavy atom. The highest BCUT2D eigenvalue weighted by Crippen LogP contribution is 2.43. The number of carbonyl (C=O) groups is 2. The molecular formula is C55H98NO8P. The maximum absolute atomic E-state index is 12.7. The molecule has 0 heterocycles. The fraction of sp³-hybridized carbons (Fsp3) is 0.745. The first-order chi connectivity index (χ1) is 31.8. The van der Waals surface area contributed by atoms with E-state index in [1.54, 1.807) is 0 Å². The molecule has 0 aromatic carbocycles. The Morgan fingerprint density at radius 2 is 0.846 bits per heavy atom. The van der Waals surface area contributed by atoms with Crippen molar-refractivity contribution in [1.29, 1.82) is 0 Å². The Hall–Kier alpha value is -2.55. The van der Waals surface area contributed by atoms with E-state index in [-0.39, 0.29) is 38.6 Å². The van der Waals surface area contributed by atoms with Crippen LogP contribution in [0.5, 0.6) is 0 Å². The largest absolute Gasteiger partial charge is 0.472 e. The molecule has 376 valence electrons. The summed E-state index contributed by atoms with van der Waals surface area (Å²) in [6, 6.07) is 0. The molecule has 0 spiro atoms. The predicted octanol–water partition coefficient (Wildman–Crippen LogP) is 16.2. The van der Waals surface area contributed by atoms with Gasteiger partial charge in [0.25, 0.3) is 0 Å². The van der Waals surface area contributed by atoms with Crippen LogP contribution in [0, 0.1) is 0 Å². The minimum atomic E-state index is -4.39. The molecule has 0 aromatic heterocycles. The van der Waals surface area contributed by atoms with Crippen LogP contribution in [0.2, 0.25) is 0 Å². The third-order valence-electron chi connectivity index (χ3n) is 11.1. The standard InChI is InChI=1S/C55H98NO8P/c1-3-5-7-9-11-13-15-17-19-21-23-25-26-28-30-32-34-36-38-40-42-44-46-48-55(58)64-53(52-63-65(59,60)62-50-49-56)51-61-54(57)47-45-43-41-39-37-35-33-31-29-27-24-22-20-18-16-14-12-10-8-6-4-2/h5,7,11,13,16-19,22-25,53H,3-4,6,8-10,12,14-15,20-21,26-52,56H2,1-2H3,(H,59,60)/b7-5-,13-11-,18-16-,19-17-,24-22-,25-23-. The summed E-state index contributed by atoms with van der Waals surface area (Å²) in [5.74, 6) is -0.836. The second-order valence-corrected chi connectivity index (χ2v) is 18.8. The van der Waals surface area contributed by atoms with Crippen LogP contribution >= 0.6 is 7.82 Å². The van der Waals surface area contributed by atoms with E-state index < -0.39 is 26.5 Å². The number of rotatable bonds is 49. The molecule has 10 heteroatoms. The van der Waals surface area contributed by atoms with Gasteiger partial charge in [-0.15, -0.1) is 0 Å². The van der Waals surface area contributed by atoms with E-state index in [2.05, 4.69) is 86.8 Å². The topological polar surface area (TPSA) is 134 Å². The fourth-order valence-electron chi connectivity index (χ4n) is 7.19. The van der Waals surface area contributed by atoms with Gasteiger partial charge in [-0.25, -0.2) is 4.57 Å². The van der Waals surface area contributed by atoms with Gasteiger partial charge in [0.05, 0.1) is 13.2 Å². The van der Waals surface area contributed by atoms with Gasteiger partial charge in [0.15, 0.2) is 6.10 Å². The summed E-state index contributed by atoms with van der Waals surface area (Å²) in [7, 11) is -4.39. The van der Waals surface area contributed by atoms with Crippen LogP contribution in [-0.2, 0) is 32.7 Å². The summed E-state index contributed by atoms with van der Waals surface area (Å²) in [6.07, 6.45) is 63.6. The molecule has 0 radical (unpaired) electrons. The Morgan fingerprint density at radius 3 is 1.26 bits per heavy atom. The van der Waals surface area contributed by atoms with Crippen LogP contribution in [0.3, 0.4) is 0 Å². The molecule has 0 rings (SSSR count). The summed E-state index contributed by atoms with van der Waals surface area (Å²) in [5.41, 5.74) is 5.37. The first-order valence-corrected chi connectivity index (χ1v) is 27.9. The molecule has 2 unspecified atom stereocenters. The van der Waals surface area contributed by atoms with Crippen molar-refractivity contribution in [3.05, 3.63) is 72.9 Å². The predicted molar refractivity (Wildman–Crippen MR) is 275 cm³/mol. The van der Waals surface area contributed by atoms with Crippen molar-refractivity contribution in [2.75, 3.05) is 26.4 Å². The number of nitrogens with two attached hydrogens (primary N) is 1. The average molecular weight is 932 g/mol. The lowest BCUT2D eigenvalue weighted by Crippen LogP contribution is -2.29. The quantitative estimate of drug-likeness (QED) is 0.0265. The second-order valence-electron chi connectivity index (χ2n) is 17.4. The van der Waals surface area contributed by atoms with Gasteiger partial charge in [0, 0.05) is 19.4 Å². The Labute approximate surface area is 399 Å². The van der Waals surface area contributed by atoms with Gasteiger partial charge in [0.1, 0.15) is 6.61 Å². The van der Waals surface area contributed by atoms with Crippen LogP contribution in [0.25, 0.3) is 0 Å². The van der Waals surface area contributed by atoms with Crippen LogP contribution in [-0.4, -0.2) is 49.3 Å².